The van der Waals surface area contributed by atoms with Crippen LogP contribution in [-0.2, 0) is 35.2 Å². The summed E-state index contributed by atoms with van der Waals surface area (Å²) >= 11 is 0. The number of aliphatic imine (C=N–C) groups is 1. The molecule has 1 heterocycles. The van der Waals surface area contributed by atoms with Gasteiger partial charge in [-0.05, 0) is 48.6 Å². The minimum atomic E-state index is -3.31. The number of hydrogen-bond donors (Lipinski definition) is 3. The first-order chi connectivity index (χ1) is 14.8. The van der Waals surface area contributed by atoms with Crippen LogP contribution in [0.25, 0.3) is 0 Å². The first-order valence-electron chi connectivity index (χ1n) is 10.6. The highest BCUT2D eigenvalue weighted by atomic mass is 32.2. The minimum Gasteiger partial charge on any atom is -0.493 e. The molecule has 2 aromatic carbocycles. The molecule has 3 N–H and O–H groups in total. The third-order valence-corrected chi connectivity index (χ3v) is 6.48. The Morgan fingerprint density at radius 1 is 1.06 bits per heavy atom. The Hall–Kier alpha value is -2.58. The highest BCUT2D eigenvalue weighted by Gasteiger charge is 2.13. The molecular formula is C23H32N4O3S. The summed E-state index contributed by atoms with van der Waals surface area (Å²) in [4.78, 5) is 4.27. The van der Waals surface area contributed by atoms with Crippen molar-refractivity contribution in [1.29, 1.82) is 0 Å². The van der Waals surface area contributed by atoms with E-state index in [1.165, 1.54) is 11.1 Å². The highest BCUT2D eigenvalue weighted by Crippen LogP contribution is 2.25. The third kappa shape index (κ3) is 7.25. The Morgan fingerprint density at radius 3 is 2.48 bits per heavy atom. The fourth-order valence-corrected chi connectivity index (χ4v) is 4.93. The van der Waals surface area contributed by atoms with Gasteiger partial charge in [0, 0.05) is 32.6 Å². The third-order valence-electron chi connectivity index (χ3n) is 4.94. The lowest BCUT2D eigenvalue weighted by atomic mass is 10.1. The fourth-order valence-electron chi connectivity index (χ4n) is 3.50. The van der Waals surface area contributed by atoms with Crippen LogP contribution in [0.4, 0.5) is 0 Å². The minimum absolute atomic E-state index is 0.0169. The van der Waals surface area contributed by atoms with E-state index in [9.17, 15) is 8.42 Å². The van der Waals surface area contributed by atoms with Gasteiger partial charge in [-0.25, -0.2) is 13.1 Å². The van der Waals surface area contributed by atoms with Crippen molar-refractivity contribution < 1.29 is 13.2 Å². The summed E-state index contributed by atoms with van der Waals surface area (Å²) in [6.07, 6.45) is 1.89. The molecule has 1 aliphatic rings. The quantitative estimate of drug-likeness (QED) is 0.408. The molecular weight excluding hydrogens is 412 g/mol. The van der Waals surface area contributed by atoms with Gasteiger partial charge in [0.15, 0.2) is 5.96 Å². The molecule has 168 valence electrons. The number of guanidine groups is 1. The van der Waals surface area contributed by atoms with Gasteiger partial charge in [-0.2, -0.15) is 0 Å². The molecule has 0 spiro atoms. The number of hydrogen-bond acceptors (Lipinski definition) is 4. The van der Waals surface area contributed by atoms with Crippen molar-refractivity contribution in [2.75, 3.05) is 20.2 Å². The van der Waals surface area contributed by atoms with Gasteiger partial charge in [0.25, 0.3) is 0 Å². The van der Waals surface area contributed by atoms with Gasteiger partial charge in [-0.3, -0.25) is 4.99 Å². The van der Waals surface area contributed by atoms with Crippen LogP contribution in [-0.4, -0.2) is 40.6 Å². The molecule has 0 radical (unpaired) electrons. The number of rotatable bonds is 9. The first-order valence-corrected chi connectivity index (χ1v) is 12.3. The van der Waals surface area contributed by atoms with Crippen LogP contribution in [0.1, 0.15) is 36.1 Å². The second-order valence-corrected chi connectivity index (χ2v) is 9.75. The summed E-state index contributed by atoms with van der Waals surface area (Å²) in [5.41, 5.74) is 4.39. The monoisotopic (exact) mass is 444 g/mol. The summed E-state index contributed by atoms with van der Waals surface area (Å²) in [6.45, 7) is 5.78. The molecule has 7 nitrogen and oxygen atoms in total. The SMILES string of the molecule is CN=C(NCCc1ccc2c(c1)CCO2)NCc1ccc(CS(=O)(=O)NC(C)C)cc1. The normalized spacial score (nSPS) is 13.7. The van der Waals surface area contributed by atoms with Crippen LogP contribution >= 0.6 is 0 Å². The summed E-state index contributed by atoms with van der Waals surface area (Å²) in [7, 11) is -1.57. The van der Waals surface area contributed by atoms with E-state index in [-0.39, 0.29) is 11.8 Å². The Labute approximate surface area is 185 Å². The van der Waals surface area contributed by atoms with Crippen LogP contribution < -0.4 is 20.1 Å². The van der Waals surface area contributed by atoms with Crippen LogP contribution in [0, 0.1) is 0 Å². The zero-order chi connectivity index (χ0) is 22.3. The molecule has 0 bridgehead atoms. The lowest BCUT2D eigenvalue weighted by molar-refractivity contribution is 0.357. The maximum atomic E-state index is 12.1. The first kappa shape index (κ1) is 23.1. The lowest BCUT2D eigenvalue weighted by Gasteiger charge is -2.13. The number of sulfonamides is 1. The molecule has 0 unspecified atom stereocenters. The number of ether oxygens (including phenoxy) is 1. The number of fused-ring (bicyclic) bond motifs is 1. The smallest absolute Gasteiger partial charge is 0.216 e. The molecule has 0 aliphatic carbocycles. The molecule has 0 aromatic heterocycles. The van der Waals surface area contributed by atoms with Gasteiger partial charge in [0.2, 0.25) is 10.0 Å². The van der Waals surface area contributed by atoms with Gasteiger partial charge < -0.3 is 15.4 Å². The average Bonchev–Trinajstić information content (AvgIpc) is 3.18. The predicted octanol–water partition coefficient (Wildman–Crippen LogP) is 2.36. The van der Waals surface area contributed by atoms with E-state index in [0.717, 1.165) is 48.8 Å². The molecule has 8 heteroatoms. The average molecular weight is 445 g/mol. The van der Waals surface area contributed by atoms with Crippen molar-refractivity contribution >= 4 is 16.0 Å². The maximum absolute atomic E-state index is 12.1. The van der Waals surface area contributed by atoms with Crippen LogP contribution in [0.3, 0.4) is 0 Å². The Balaban J connectivity index is 1.44. The Bertz CT molecular complexity index is 1000. The number of benzene rings is 2. The van der Waals surface area contributed by atoms with E-state index in [1.54, 1.807) is 7.05 Å². The zero-order valence-corrected chi connectivity index (χ0v) is 19.3. The van der Waals surface area contributed by atoms with E-state index in [0.29, 0.717) is 6.54 Å². The van der Waals surface area contributed by atoms with E-state index < -0.39 is 10.0 Å². The molecule has 0 atom stereocenters. The highest BCUT2D eigenvalue weighted by molar-refractivity contribution is 7.88. The topological polar surface area (TPSA) is 91.8 Å². The van der Waals surface area contributed by atoms with Crippen molar-refractivity contribution in [2.45, 2.75) is 45.0 Å². The van der Waals surface area contributed by atoms with Gasteiger partial charge in [-0.15, -0.1) is 0 Å². The molecule has 0 amide bonds. The summed E-state index contributed by atoms with van der Waals surface area (Å²) < 4.78 is 32.3. The molecule has 2 aromatic rings. The van der Waals surface area contributed by atoms with E-state index in [4.69, 9.17) is 4.74 Å². The van der Waals surface area contributed by atoms with Crippen LogP contribution in [0.5, 0.6) is 5.75 Å². The van der Waals surface area contributed by atoms with Crippen molar-refractivity contribution in [2.24, 2.45) is 4.99 Å². The second-order valence-electron chi connectivity index (χ2n) is 7.99. The number of nitrogens with one attached hydrogen (secondary N) is 3. The number of nitrogens with zero attached hydrogens (tertiary/aromatic N) is 1. The standard InChI is InChI=1S/C23H32N4O3S/c1-17(2)27-31(28,29)16-20-6-4-19(5-7-20)15-26-23(24-3)25-12-10-18-8-9-22-21(14-18)11-13-30-22/h4-9,14,17,27H,10-13,15-16H2,1-3H3,(H2,24,25,26). The lowest BCUT2D eigenvalue weighted by Crippen LogP contribution is -2.37. The second kappa shape index (κ2) is 10.6. The van der Waals surface area contributed by atoms with Gasteiger partial charge >= 0.3 is 0 Å². The maximum Gasteiger partial charge on any atom is 0.216 e. The molecule has 1 aliphatic heterocycles. The van der Waals surface area contributed by atoms with Gasteiger partial charge in [-0.1, -0.05) is 36.4 Å². The Kier molecular flexibility index (Phi) is 7.92. The summed E-state index contributed by atoms with van der Waals surface area (Å²) in [5, 5.41) is 6.63. The molecule has 0 saturated heterocycles. The van der Waals surface area contributed by atoms with Gasteiger partial charge in [0.1, 0.15) is 5.75 Å². The molecule has 0 fully saturated rings. The Morgan fingerprint density at radius 2 is 1.77 bits per heavy atom. The molecule has 31 heavy (non-hydrogen) atoms. The van der Waals surface area contributed by atoms with Crippen LogP contribution in [0.2, 0.25) is 0 Å². The van der Waals surface area contributed by atoms with Crippen molar-refractivity contribution in [3.8, 4) is 5.75 Å². The van der Waals surface area contributed by atoms with Crippen molar-refractivity contribution in [3.63, 3.8) is 0 Å². The van der Waals surface area contributed by atoms with Crippen molar-refractivity contribution in [1.82, 2.24) is 15.4 Å². The predicted molar refractivity (Wildman–Crippen MR) is 125 cm³/mol. The van der Waals surface area contributed by atoms with E-state index in [2.05, 4.69) is 38.5 Å². The largest absolute Gasteiger partial charge is 0.493 e. The molecule has 0 saturated carbocycles. The van der Waals surface area contributed by atoms with Gasteiger partial charge in [0.05, 0.1) is 12.4 Å². The zero-order valence-electron chi connectivity index (χ0n) is 18.4. The van der Waals surface area contributed by atoms with Crippen molar-refractivity contribution in [3.05, 3.63) is 64.7 Å². The summed E-state index contributed by atoms with van der Waals surface area (Å²) in [5.74, 6) is 1.72. The summed E-state index contributed by atoms with van der Waals surface area (Å²) in [6, 6.07) is 13.9. The van der Waals surface area contributed by atoms with E-state index in [1.807, 2.05) is 38.1 Å². The van der Waals surface area contributed by atoms with Crippen LogP contribution in [0.15, 0.2) is 47.5 Å². The molecule has 3 rings (SSSR count). The van der Waals surface area contributed by atoms with E-state index >= 15 is 0 Å². The fraction of sp³-hybridized carbons (Fsp3) is 0.435.